The normalized spacial score (nSPS) is 9.86. The molecule has 4 amide bonds. The Labute approximate surface area is 167 Å². The summed E-state index contributed by atoms with van der Waals surface area (Å²) in [6, 6.07) is 12.1. The zero-order valence-corrected chi connectivity index (χ0v) is 16.0. The first-order chi connectivity index (χ1) is 13.9. The fraction of sp³-hybridized carbons (Fsp3) is 0.200. The van der Waals surface area contributed by atoms with E-state index < -0.39 is 24.5 Å². The highest BCUT2D eigenvalue weighted by molar-refractivity contribution is 6.02. The van der Waals surface area contributed by atoms with Crippen molar-refractivity contribution >= 4 is 29.5 Å². The van der Waals surface area contributed by atoms with E-state index in [9.17, 15) is 19.2 Å². The minimum absolute atomic E-state index is 0.157. The lowest BCUT2D eigenvalue weighted by Crippen LogP contribution is -2.37. The Morgan fingerprint density at radius 2 is 1.59 bits per heavy atom. The number of carbonyl (C=O) groups is 4. The van der Waals surface area contributed by atoms with Crippen LogP contribution < -0.4 is 20.7 Å². The highest BCUT2D eigenvalue weighted by atomic mass is 16.5. The van der Waals surface area contributed by atoms with Gasteiger partial charge in [0.1, 0.15) is 5.75 Å². The fourth-order valence-electron chi connectivity index (χ4n) is 2.20. The molecule has 0 saturated carbocycles. The Bertz CT molecular complexity index is 878. The molecule has 29 heavy (non-hydrogen) atoms. The number of benzene rings is 2. The molecule has 2 aromatic carbocycles. The number of methoxy groups -OCH3 is 1. The maximum Gasteiger partial charge on any atom is 0.338 e. The number of amides is 4. The van der Waals surface area contributed by atoms with Gasteiger partial charge in [-0.05, 0) is 42.0 Å². The molecule has 3 N–H and O–H groups in total. The Hall–Kier alpha value is -3.88. The van der Waals surface area contributed by atoms with Crippen LogP contribution in [0.5, 0.6) is 5.75 Å². The SMILES string of the molecule is COc1ccc(NC(=O)NC(=O)COC(=O)c2ccc(CNC(C)=O)cc2)cc1. The highest BCUT2D eigenvalue weighted by Crippen LogP contribution is 2.14. The van der Waals surface area contributed by atoms with Crippen molar-refractivity contribution in [2.45, 2.75) is 13.5 Å². The standard InChI is InChI=1S/C20H21N3O6/c1-13(24)21-11-14-3-5-15(6-4-14)19(26)29-12-18(25)23-20(27)22-16-7-9-17(28-2)10-8-16/h3-10H,11-12H2,1-2H3,(H,21,24)(H2,22,23,25,27). The van der Waals surface area contributed by atoms with Gasteiger partial charge in [0.05, 0.1) is 12.7 Å². The third-order valence-corrected chi connectivity index (χ3v) is 3.67. The van der Waals surface area contributed by atoms with E-state index >= 15 is 0 Å². The van der Waals surface area contributed by atoms with Gasteiger partial charge in [-0.1, -0.05) is 12.1 Å². The topological polar surface area (TPSA) is 123 Å². The summed E-state index contributed by atoms with van der Waals surface area (Å²) in [6.07, 6.45) is 0. The minimum Gasteiger partial charge on any atom is -0.497 e. The molecule has 9 heteroatoms. The Morgan fingerprint density at radius 1 is 0.931 bits per heavy atom. The van der Waals surface area contributed by atoms with Crippen molar-refractivity contribution in [3.05, 3.63) is 59.7 Å². The molecule has 0 saturated heterocycles. The van der Waals surface area contributed by atoms with Crippen molar-refractivity contribution in [1.82, 2.24) is 10.6 Å². The Balaban J connectivity index is 1.76. The molecule has 0 unspecified atom stereocenters. The van der Waals surface area contributed by atoms with Crippen LogP contribution in [0.4, 0.5) is 10.5 Å². The van der Waals surface area contributed by atoms with Gasteiger partial charge >= 0.3 is 12.0 Å². The third-order valence-electron chi connectivity index (χ3n) is 3.67. The molecule has 0 fully saturated rings. The average molecular weight is 399 g/mol. The van der Waals surface area contributed by atoms with Gasteiger partial charge in [-0.25, -0.2) is 9.59 Å². The summed E-state index contributed by atoms with van der Waals surface area (Å²) in [5, 5.41) is 7.17. The largest absolute Gasteiger partial charge is 0.497 e. The monoisotopic (exact) mass is 399 g/mol. The van der Waals surface area contributed by atoms with Crippen molar-refractivity contribution in [3.63, 3.8) is 0 Å². The number of urea groups is 1. The molecule has 0 aliphatic rings. The zero-order valence-electron chi connectivity index (χ0n) is 16.0. The van der Waals surface area contributed by atoms with Gasteiger partial charge in [0.25, 0.3) is 5.91 Å². The van der Waals surface area contributed by atoms with Gasteiger partial charge in [-0.2, -0.15) is 0 Å². The summed E-state index contributed by atoms with van der Waals surface area (Å²) in [7, 11) is 1.52. The second-order valence-corrected chi connectivity index (χ2v) is 5.91. The van der Waals surface area contributed by atoms with E-state index in [0.29, 0.717) is 18.0 Å². The molecule has 0 aromatic heterocycles. The first kappa shape index (κ1) is 21.4. The number of nitrogens with one attached hydrogen (secondary N) is 3. The van der Waals surface area contributed by atoms with Crippen LogP contribution in [-0.4, -0.2) is 37.5 Å². The number of hydrogen-bond acceptors (Lipinski definition) is 6. The van der Waals surface area contributed by atoms with Crippen molar-refractivity contribution in [1.29, 1.82) is 0 Å². The van der Waals surface area contributed by atoms with Crippen molar-refractivity contribution in [2.75, 3.05) is 19.0 Å². The van der Waals surface area contributed by atoms with Crippen LogP contribution in [0.1, 0.15) is 22.8 Å². The number of hydrogen-bond donors (Lipinski definition) is 3. The van der Waals surface area contributed by atoms with Crippen molar-refractivity contribution in [3.8, 4) is 5.75 Å². The van der Waals surface area contributed by atoms with Crippen molar-refractivity contribution < 1.29 is 28.7 Å². The predicted molar refractivity (Wildman–Crippen MR) is 104 cm³/mol. The molecule has 152 valence electrons. The number of imide groups is 1. The molecule has 0 aliphatic heterocycles. The summed E-state index contributed by atoms with van der Waals surface area (Å²) >= 11 is 0. The van der Waals surface area contributed by atoms with Crippen LogP contribution in [0.2, 0.25) is 0 Å². The van der Waals surface area contributed by atoms with E-state index in [0.717, 1.165) is 5.56 Å². The van der Waals surface area contributed by atoms with E-state index in [1.807, 2.05) is 0 Å². The van der Waals surface area contributed by atoms with Gasteiger partial charge in [-0.15, -0.1) is 0 Å². The van der Waals surface area contributed by atoms with Gasteiger partial charge in [0.2, 0.25) is 5.91 Å². The number of rotatable bonds is 7. The molecule has 0 bridgehead atoms. The lowest BCUT2D eigenvalue weighted by molar-refractivity contribution is -0.123. The number of anilines is 1. The first-order valence-corrected chi connectivity index (χ1v) is 8.63. The number of carbonyl (C=O) groups excluding carboxylic acids is 4. The van der Waals surface area contributed by atoms with E-state index in [2.05, 4.69) is 16.0 Å². The van der Waals surface area contributed by atoms with Crippen LogP contribution in [0.15, 0.2) is 48.5 Å². The van der Waals surface area contributed by atoms with Crippen LogP contribution in [-0.2, 0) is 20.9 Å². The number of esters is 1. The van der Waals surface area contributed by atoms with Crippen LogP contribution in [0.3, 0.4) is 0 Å². The van der Waals surface area contributed by atoms with Crippen molar-refractivity contribution in [2.24, 2.45) is 0 Å². The van der Waals surface area contributed by atoms with E-state index in [4.69, 9.17) is 9.47 Å². The van der Waals surface area contributed by atoms with E-state index in [1.54, 1.807) is 36.4 Å². The maximum atomic E-state index is 12.0. The molecular formula is C20H21N3O6. The van der Waals surface area contributed by atoms with Crippen LogP contribution >= 0.6 is 0 Å². The average Bonchev–Trinajstić information content (AvgIpc) is 2.71. The summed E-state index contributed by atoms with van der Waals surface area (Å²) in [6.45, 7) is 1.15. The van der Waals surface area contributed by atoms with Gasteiger partial charge in [-0.3, -0.25) is 14.9 Å². The van der Waals surface area contributed by atoms with Crippen LogP contribution in [0, 0.1) is 0 Å². The van der Waals surface area contributed by atoms with E-state index in [1.165, 1.54) is 26.2 Å². The second-order valence-electron chi connectivity index (χ2n) is 5.91. The molecule has 0 heterocycles. The Morgan fingerprint density at radius 3 is 2.17 bits per heavy atom. The minimum atomic E-state index is -0.772. The second kappa shape index (κ2) is 10.5. The lowest BCUT2D eigenvalue weighted by Gasteiger charge is -2.08. The molecular weight excluding hydrogens is 378 g/mol. The summed E-state index contributed by atoms with van der Waals surface area (Å²) in [5.41, 5.74) is 1.52. The molecule has 2 rings (SSSR count). The fourth-order valence-corrected chi connectivity index (χ4v) is 2.20. The summed E-state index contributed by atoms with van der Waals surface area (Å²) in [5.74, 6) is -1.01. The number of ether oxygens (including phenoxy) is 2. The molecule has 0 radical (unpaired) electrons. The van der Waals surface area contributed by atoms with Crippen LogP contribution in [0.25, 0.3) is 0 Å². The molecule has 0 spiro atoms. The van der Waals surface area contributed by atoms with E-state index in [-0.39, 0.29) is 11.5 Å². The van der Waals surface area contributed by atoms with Gasteiger partial charge < -0.3 is 20.1 Å². The summed E-state index contributed by atoms with van der Waals surface area (Å²) in [4.78, 5) is 46.4. The third kappa shape index (κ3) is 7.33. The molecule has 0 aliphatic carbocycles. The molecule has 0 atom stereocenters. The van der Waals surface area contributed by atoms with Gasteiger partial charge in [0.15, 0.2) is 6.61 Å². The summed E-state index contributed by atoms with van der Waals surface area (Å²) < 4.78 is 9.90. The van der Waals surface area contributed by atoms with Gasteiger partial charge in [0, 0.05) is 19.2 Å². The zero-order chi connectivity index (χ0) is 21.2. The highest BCUT2D eigenvalue weighted by Gasteiger charge is 2.13. The first-order valence-electron chi connectivity index (χ1n) is 8.63. The smallest absolute Gasteiger partial charge is 0.338 e. The molecule has 2 aromatic rings. The lowest BCUT2D eigenvalue weighted by atomic mass is 10.1. The predicted octanol–water partition coefficient (Wildman–Crippen LogP) is 1.84. The Kier molecular flexibility index (Phi) is 7.72. The maximum absolute atomic E-state index is 12.0. The quantitative estimate of drug-likeness (QED) is 0.611. The molecule has 9 nitrogen and oxygen atoms in total.